The maximum Gasteiger partial charge on any atom is 0.354 e. The van der Waals surface area contributed by atoms with Gasteiger partial charge >= 0.3 is 5.97 Å². The van der Waals surface area contributed by atoms with Crippen LogP contribution >= 0.6 is 11.3 Å². The minimum Gasteiger partial charge on any atom is -0.495 e. The predicted octanol–water partition coefficient (Wildman–Crippen LogP) is 4.83. The van der Waals surface area contributed by atoms with Crippen LogP contribution in [0.4, 0.5) is 0 Å². The average Bonchev–Trinajstić information content (AvgIpc) is 3.29. The van der Waals surface area contributed by atoms with E-state index in [-0.39, 0.29) is 12.3 Å². The first-order valence-electron chi connectivity index (χ1n) is 8.38. The third-order valence-electron chi connectivity index (χ3n) is 4.37. The van der Waals surface area contributed by atoms with Crippen LogP contribution in [0.15, 0.2) is 29.2 Å². The molecule has 0 fully saturated rings. The summed E-state index contributed by atoms with van der Waals surface area (Å²) in [6, 6.07) is 5.94. The molecule has 4 rings (SSSR count). The number of carboxylic acids is 1. The molecule has 1 aliphatic rings. The number of thiophene rings is 1. The molecule has 1 aliphatic heterocycles. The van der Waals surface area contributed by atoms with E-state index < -0.39 is 5.97 Å². The van der Waals surface area contributed by atoms with Gasteiger partial charge in [-0.3, -0.25) is 5.10 Å². The van der Waals surface area contributed by atoms with Crippen LogP contribution in [0.5, 0.6) is 11.5 Å². The van der Waals surface area contributed by atoms with Crippen LogP contribution < -0.4 is 9.47 Å². The van der Waals surface area contributed by atoms with E-state index in [1.807, 2.05) is 43.5 Å². The number of hydrogen-bond donors (Lipinski definition) is 2. The Morgan fingerprint density at radius 2 is 2.26 bits per heavy atom. The van der Waals surface area contributed by atoms with Crippen molar-refractivity contribution in [3.8, 4) is 33.2 Å². The normalized spacial score (nSPS) is 12.0. The molecule has 138 valence electrons. The van der Waals surface area contributed by atoms with E-state index in [0.29, 0.717) is 17.0 Å². The van der Waals surface area contributed by atoms with Crippen molar-refractivity contribution in [2.45, 2.75) is 20.5 Å². The number of carbonyl (C=O) groups is 1. The molecule has 7 heteroatoms. The van der Waals surface area contributed by atoms with E-state index in [0.717, 1.165) is 32.9 Å². The van der Waals surface area contributed by atoms with Crippen LogP contribution in [0.3, 0.4) is 0 Å². The van der Waals surface area contributed by atoms with Crippen LogP contribution in [0.25, 0.3) is 27.8 Å². The second-order valence-corrected chi connectivity index (χ2v) is 7.42. The number of methoxy groups -OCH3 is 1. The Labute approximate surface area is 160 Å². The summed E-state index contributed by atoms with van der Waals surface area (Å²) in [5.41, 5.74) is 4.87. The van der Waals surface area contributed by atoms with E-state index in [9.17, 15) is 9.90 Å². The number of hydrogen-bond acceptors (Lipinski definition) is 5. The van der Waals surface area contributed by atoms with Gasteiger partial charge in [-0.15, -0.1) is 11.3 Å². The lowest BCUT2D eigenvalue weighted by Gasteiger charge is -2.23. The molecule has 0 radical (unpaired) electrons. The molecule has 0 saturated heterocycles. The van der Waals surface area contributed by atoms with Crippen molar-refractivity contribution in [1.29, 1.82) is 0 Å². The summed E-state index contributed by atoms with van der Waals surface area (Å²) in [5.74, 6) is 0.346. The van der Waals surface area contributed by atoms with E-state index in [4.69, 9.17) is 9.47 Å². The first-order valence-corrected chi connectivity index (χ1v) is 9.26. The van der Waals surface area contributed by atoms with Crippen molar-refractivity contribution >= 4 is 23.4 Å². The molecule has 0 atom stereocenters. The molecule has 0 bridgehead atoms. The van der Waals surface area contributed by atoms with Crippen LogP contribution in [-0.2, 0) is 6.61 Å². The van der Waals surface area contributed by atoms with Gasteiger partial charge in [-0.25, -0.2) is 4.79 Å². The maximum atomic E-state index is 11.5. The number of aromatic nitrogens is 2. The number of carboxylic acid groups (broad SMARTS) is 1. The third kappa shape index (κ3) is 2.80. The second kappa shape index (κ2) is 6.59. The Hall–Kier alpha value is -3.06. The molecule has 3 aromatic rings. The molecular weight excluding hydrogens is 364 g/mol. The molecule has 3 heterocycles. The molecule has 1 aromatic carbocycles. The minimum atomic E-state index is -1.05. The van der Waals surface area contributed by atoms with Gasteiger partial charge in [0.1, 0.15) is 23.8 Å². The smallest absolute Gasteiger partial charge is 0.354 e. The molecule has 2 aromatic heterocycles. The molecule has 0 amide bonds. The summed E-state index contributed by atoms with van der Waals surface area (Å²) in [6.45, 7) is 4.18. The summed E-state index contributed by atoms with van der Waals surface area (Å²) in [7, 11) is 1.65. The lowest BCUT2D eigenvalue weighted by molar-refractivity contribution is 0.0687. The number of ether oxygens (including phenoxy) is 2. The van der Waals surface area contributed by atoms with E-state index >= 15 is 0 Å². The zero-order valence-corrected chi connectivity index (χ0v) is 15.9. The summed E-state index contributed by atoms with van der Waals surface area (Å²) >= 11 is 1.59. The summed E-state index contributed by atoms with van der Waals surface area (Å²) < 4.78 is 11.8. The first kappa shape index (κ1) is 17.4. The quantitative estimate of drug-likeness (QED) is 0.675. The second-order valence-electron chi connectivity index (χ2n) is 6.47. The van der Waals surface area contributed by atoms with E-state index in [2.05, 4.69) is 10.2 Å². The standard InChI is InChI=1S/C20H18N2O4S/c1-10(2)7-11-8-12-16-13(17(20(23)24)22-21-16)9-26-19(12)15(18(11)25-3)14-5-4-6-27-14/h4-8H,9H2,1-3H3,(H,21,22)(H,23,24). The fourth-order valence-corrected chi connectivity index (χ4v) is 4.09. The van der Waals surface area contributed by atoms with Crippen LogP contribution in [0.2, 0.25) is 0 Å². The van der Waals surface area contributed by atoms with Gasteiger partial charge < -0.3 is 14.6 Å². The highest BCUT2D eigenvalue weighted by atomic mass is 32.1. The van der Waals surface area contributed by atoms with Crippen molar-refractivity contribution in [3.05, 3.63) is 46.0 Å². The van der Waals surface area contributed by atoms with Gasteiger partial charge in [0, 0.05) is 16.0 Å². The zero-order valence-electron chi connectivity index (χ0n) is 15.1. The highest BCUT2D eigenvalue weighted by Crippen LogP contribution is 2.51. The van der Waals surface area contributed by atoms with Crippen LogP contribution in [0, 0.1) is 0 Å². The van der Waals surface area contributed by atoms with Gasteiger partial charge in [0.05, 0.1) is 18.2 Å². The molecule has 0 spiro atoms. The minimum absolute atomic E-state index is 0.0629. The number of nitrogens with zero attached hydrogens (tertiary/aromatic N) is 1. The summed E-state index contributed by atoms with van der Waals surface area (Å²) in [6.07, 6.45) is 2.04. The number of nitrogens with one attached hydrogen (secondary N) is 1. The maximum absolute atomic E-state index is 11.5. The number of aromatic amines is 1. The fourth-order valence-electron chi connectivity index (χ4n) is 3.33. The zero-order chi connectivity index (χ0) is 19.1. The van der Waals surface area contributed by atoms with Gasteiger partial charge in [0.15, 0.2) is 5.69 Å². The first-order chi connectivity index (χ1) is 13.0. The van der Waals surface area contributed by atoms with Crippen LogP contribution in [-0.4, -0.2) is 28.4 Å². The summed E-state index contributed by atoms with van der Waals surface area (Å²) in [4.78, 5) is 12.5. The molecule has 0 aliphatic carbocycles. The number of aromatic carboxylic acids is 1. The topological polar surface area (TPSA) is 84.4 Å². The Kier molecular flexibility index (Phi) is 4.24. The van der Waals surface area contributed by atoms with Crippen molar-refractivity contribution in [2.75, 3.05) is 7.11 Å². The molecule has 0 unspecified atom stereocenters. The van der Waals surface area contributed by atoms with Gasteiger partial charge in [0.25, 0.3) is 0 Å². The molecule has 6 nitrogen and oxygen atoms in total. The Morgan fingerprint density at radius 1 is 1.44 bits per heavy atom. The molecule has 2 N–H and O–H groups in total. The number of rotatable bonds is 4. The van der Waals surface area contributed by atoms with Crippen LogP contribution in [0.1, 0.15) is 35.5 Å². The Morgan fingerprint density at radius 3 is 2.89 bits per heavy atom. The molecular formula is C20H18N2O4S. The SMILES string of the molecule is COc1c(C=C(C)C)cc2c(c1-c1cccs1)OCc1c-2n[nH]c1C(=O)O. The highest BCUT2D eigenvalue weighted by molar-refractivity contribution is 7.13. The Bertz CT molecular complexity index is 1060. The lowest BCUT2D eigenvalue weighted by Crippen LogP contribution is -2.10. The lowest BCUT2D eigenvalue weighted by atomic mass is 9.94. The predicted molar refractivity (Wildman–Crippen MR) is 105 cm³/mol. The van der Waals surface area contributed by atoms with Crippen molar-refractivity contribution in [1.82, 2.24) is 10.2 Å². The largest absolute Gasteiger partial charge is 0.495 e. The Balaban J connectivity index is 2.06. The molecule has 0 saturated carbocycles. The van der Waals surface area contributed by atoms with Crippen molar-refractivity contribution in [3.63, 3.8) is 0 Å². The number of benzene rings is 1. The number of fused-ring (bicyclic) bond motifs is 3. The van der Waals surface area contributed by atoms with Gasteiger partial charge in [-0.05, 0) is 31.4 Å². The number of allylic oxidation sites excluding steroid dienone is 1. The highest BCUT2D eigenvalue weighted by Gasteiger charge is 2.31. The fraction of sp³-hybridized carbons (Fsp3) is 0.200. The average molecular weight is 382 g/mol. The molecule has 27 heavy (non-hydrogen) atoms. The third-order valence-corrected chi connectivity index (χ3v) is 5.26. The van der Waals surface area contributed by atoms with Gasteiger partial charge in [-0.2, -0.15) is 5.10 Å². The van der Waals surface area contributed by atoms with E-state index in [1.54, 1.807) is 18.4 Å². The van der Waals surface area contributed by atoms with E-state index in [1.165, 1.54) is 0 Å². The number of H-pyrrole nitrogens is 1. The van der Waals surface area contributed by atoms with Crippen molar-refractivity contribution in [2.24, 2.45) is 0 Å². The van der Waals surface area contributed by atoms with Crippen molar-refractivity contribution < 1.29 is 19.4 Å². The van der Waals surface area contributed by atoms with Gasteiger partial charge in [0.2, 0.25) is 0 Å². The van der Waals surface area contributed by atoms with Gasteiger partial charge in [-0.1, -0.05) is 17.7 Å². The monoisotopic (exact) mass is 382 g/mol. The summed E-state index contributed by atoms with van der Waals surface area (Å²) in [5, 5.41) is 18.3.